The monoisotopic (exact) mass is 589 g/mol. The summed E-state index contributed by atoms with van der Waals surface area (Å²) in [5.41, 5.74) is -0.489. The number of aromatic nitrogens is 4. The van der Waals surface area contributed by atoms with Gasteiger partial charge in [-0.2, -0.15) is 14.3 Å². The van der Waals surface area contributed by atoms with Crippen LogP contribution in [0.25, 0.3) is 5.65 Å². The Balaban J connectivity index is 1.31. The highest BCUT2D eigenvalue weighted by atomic mass is 32.2. The third-order valence-corrected chi connectivity index (χ3v) is 8.13. The quantitative estimate of drug-likeness (QED) is 0.117. The molecule has 1 fully saturated rings. The van der Waals surface area contributed by atoms with E-state index >= 15 is 0 Å². The van der Waals surface area contributed by atoms with Crippen molar-refractivity contribution in [2.45, 2.75) is 23.0 Å². The number of amides is 2. The van der Waals surface area contributed by atoms with Gasteiger partial charge >= 0.3 is 17.6 Å². The number of oxime groups is 1. The first kappa shape index (κ1) is 27.0. The van der Waals surface area contributed by atoms with Crippen LogP contribution in [0.5, 0.6) is 0 Å². The third kappa shape index (κ3) is 4.93. The number of thioether (sulfide) groups is 2. The van der Waals surface area contributed by atoms with Crippen LogP contribution >= 0.6 is 23.5 Å². The lowest BCUT2D eigenvalue weighted by Crippen LogP contribution is -2.71. The van der Waals surface area contributed by atoms with Crippen LogP contribution in [0.1, 0.15) is 5.76 Å². The Kier molecular flexibility index (Phi) is 7.35. The summed E-state index contributed by atoms with van der Waals surface area (Å²) in [6.45, 7) is -0.618. The van der Waals surface area contributed by atoms with E-state index in [1.165, 1.54) is 37.3 Å². The van der Waals surface area contributed by atoms with Gasteiger partial charge in [0.15, 0.2) is 11.4 Å². The molecule has 0 aromatic carbocycles. The van der Waals surface area contributed by atoms with Crippen molar-refractivity contribution in [2.24, 2.45) is 5.16 Å². The highest BCUT2D eigenvalue weighted by Crippen LogP contribution is 2.41. The maximum Gasteiger partial charge on any atom is 0.367 e. The molecule has 0 saturated carbocycles. The molecule has 40 heavy (non-hydrogen) atoms. The molecule has 18 heteroatoms. The van der Waals surface area contributed by atoms with Crippen LogP contribution in [0.3, 0.4) is 0 Å². The number of fused-ring (bicyclic) bond motifs is 2. The van der Waals surface area contributed by atoms with E-state index in [0.29, 0.717) is 10.6 Å². The lowest BCUT2D eigenvalue weighted by Gasteiger charge is -2.49. The molecule has 1 saturated heterocycles. The molecule has 2 aliphatic rings. The van der Waals surface area contributed by atoms with Gasteiger partial charge in [0, 0.05) is 11.5 Å². The summed E-state index contributed by atoms with van der Waals surface area (Å²) in [7, 11) is 1.26. The Morgan fingerprint density at radius 2 is 2.05 bits per heavy atom. The average Bonchev–Trinajstić information content (AvgIpc) is 3.56. The summed E-state index contributed by atoms with van der Waals surface area (Å²) in [6, 6.07) is 5.13. The first-order valence-corrected chi connectivity index (χ1v) is 13.4. The molecule has 3 N–H and O–H groups in total. The molecule has 0 bridgehead atoms. The summed E-state index contributed by atoms with van der Waals surface area (Å²) < 4.78 is 6.92. The predicted octanol–water partition coefficient (Wildman–Crippen LogP) is -0.550. The van der Waals surface area contributed by atoms with Gasteiger partial charge in [0.2, 0.25) is 5.71 Å². The van der Waals surface area contributed by atoms with E-state index in [4.69, 9.17) is 14.4 Å². The van der Waals surface area contributed by atoms with Crippen molar-refractivity contribution in [1.29, 1.82) is 0 Å². The van der Waals surface area contributed by atoms with E-state index < -0.39 is 47.4 Å². The number of β-lactam (4-membered cyclic amide) rings is 1. The standard InChI is InChI=1S/C22H19N7O9S2/c1-37-26-15(11-3-2-6-38-11)18(32)23-16-19(33)28-17(21(34)35)10(9-40-20(16)28)8-39-13-5-4-12-24-27(7-14(30)31)22(36)29(12)25-13/h2-6,16,20H,7-9H2,1H3,(H,23,32)(H,30,31)(H,34,35)/b26-15-/t16?,20-/m0/s1. The number of aliphatic carboxylic acids is 2. The highest BCUT2D eigenvalue weighted by Gasteiger charge is 2.54. The molecule has 0 aliphatic carbocycles. The molecule has 0 spiro atoms. The average molecular weight is 590 g/mol. The molecular formula is C22H19N7O9S2. The number of rotatable bonds is 10. The van der Waals surface area contributed by atoms with Crippen molar-refractivity contribution in [3.63, 3.8) is 0 Å². The summed E-state index contributed by atoms with van der Waals surface area (Å²) in [6.07, 6.45) is 1.35. The van der Waals surface area contributed by atoms with Gasteiger partial charge in [-0.05, 0) is 29.8 Å². The normalized spacial score (nSPS) is 18.9. The van der Waals surface area contributed by atoms with Gasteiger partial charge in [0.25, 0.3) is 11.8 Å². The Morgan fingerprint density at radius 3 is 2.73 bits per heavy atom. The minimum Gasteiger partial charge on any atom is -0.480 e. The van der Waals surface area contributed by atoms with Crippen LogP contribution in [0.2, 0.25) is 0 Å². The van der Waals surface area contributed by atoms with E-state index in [0.717, 1.165) is 25.9 Å². The summed E-state index contributed by atoms with van der Waals surface area (Å²) >= 11 is 2.42. The number of carbonyl (C=O) groups is 4. The van der Waals surface area contributed by atoms with E-state index in [2.05, 4.69) is 20.7 Å². The Morgan fingerprint density at radius 1 is 1.25 bits per heavy atom. The zero-order valence-corrected chi connectivity index (χ0v) is 22.0. The molecule has 16 nitrogen and oxygen atoms in total. The van der Waals surface area contributed by atoms with E-state index in [1.54, 1.807) is 12.1 Å². The molecule has 1 unspecified atom stereocenters. The molecule has 5 heterocycles. The fourth-order valence-electron chi connectivity index (χ4n) is 4.07. The van der Waals surface area contributed by atoms with Crippen molar-refractivity contribution in [1.82, 2.24) is 29.6 Å². The Bertz CT molecular complexity index is 1640. The van der Waals surface area contributed by atoms with Gasteiger partial charge in [-0.25, -0.2) is 9.59 Å². The third-order valence-electron chi connectivity index (χ3n) is 5.78. The SMILES string of the molecule is CO/N=C(\C(=O)NC1C(=O)N2C(C(=O)O)=C(CSc3ccc4nn(CC(=O)O)c(=O)n4n3)CS[C@@H]12)c1ccco1. The summed E-state index contributed by atoms with van der Waals surface area (Å²) in [4.78, 5) is 67.1. The lowest BCUT2D eigenvalue weighted by atomic mass is 10.0. The molecule has 0 radical (unpaired) electrons. The molecule has 208 valence electrons. The molecule has 2 aliphatic heterocycles. The smallest absolute Gasteiger partial charge is 0.367 e. The highest BCUT2D eigenvalue weighted by molar-refractivity contribution is 8.01. The zero-order chi connectivity index (χ0) is 28.6. The lowest BCUT2D eigenvalue weighted by molar-refractivity contribution is -0.150. The number of furan rings is 1. The number of carbonyl (C=O) groups excluding carboxylic acids is 2. The topological polar surface area (TPSA) is 211 Å². The Hall–Kier alpha value is -4.58. The van der Waals surface area contributed by atoms with Crippen molar-refractivity contribution >= 4 is 58.6 Å². The molecule has 3 aromatic rings. The fourth-order valence-corrected chi connectivity index (χ4v) is 6.41. The van der Waals surface area contributed by atoms with Gasteiger partial charge < -0.3 is 24.8 Å². The summed E-state index contributed by atoms with van der Waals surface area (Å²) in [5.74, 6) is -3.32. The molecule has 2 amide bonds. The van der Waals surface area contributed by atoms with Crippen molar-refractivity contribution in [3.05, 3.63) is 58.0 Å². The van der Waals surface area contributed by atoms with Crippen molar-refractivity contribution in [3.8, 4) is 0 Å². The first-order chi connectivity index (χ1) is 19.2. The zero-order valence-electron chi connectivity index (χ0n) is 20.4. The number of carboxylic acids is 2. The van der Waals surface area contributed by atoms with Crippen LogP contribution in [0.15, 0.2) is 61.2 Å². The van der Waals surface area contributed by atoms with E-state index in [1.807, 2.05) is 0 Å². The first-order valence-electron chi connectivity index (χ1n) is 11.4. The van der Waals surface area contributed by atoms with Crippen LogP contribution in [-0.4, -0.2) is 94.0 Å². The second kappa shape index (κ2) is 10.9. The molecule has 2 atom stereocenters. The van der Waals surface area contributed by atoms with Gasteiger partial charge in [-0.1, -0.05) is 5.16 Å². The van der Waals surface area contributed by atoms with Gasteiger partial charge in [-0.3, -0.25) is 19.3 Å². The number of hydrogen-bond donors (Lipinski definition) is 3. The van der Waals surface area contributed by atoms with Crippen LogP contribution in [0.4, 0.5) is 0 Å². The van der Waals surface area contributed by atoms with E-state index in [-0.39, 0.29) is 34.3 Å². The molecule has 3 aromatic heterocycles. The maximum absolute atomic E-state index is 13.0. The van der Waals surface area contributed by atoms with Crippen molar-refractivity contribution in [2.75, 3.05) is 18.6 Å². The number of nitrogens with zero attached hydrogens (tertiary/aromatic N) is 6. The van der Waals surface area contributed by atoms with E-state index in [9.17, 15) is 29.1 Å². The summed E-state index contributed by atoms with van der Waals surface area (Å²) in [5, 5.41) is 32.9. The van der Waals surface area contributed by atoms with Gasteiger partial charge in [-0.15, -0.1) is 28.6 Å². The van der Waals surface area contributed by atoms with Crippen molar-refractivity contribution < 1.29 is 38.6 Å². The number of hydrogen-bond acceptors (Lipinski definition) is 12. The number of nitrogens with one attached hydrogen (secondary N) is 1. The molecule has 5 rings (SSSR count). The second-order valence-corrected chi connectivity index (χ2v) is 10.4. The van der Waals surface area contributed by atoms with Crippen LogP contribution in [-0.2, 0) is 30.6 Å². The van der Waals surface area contributed by atoms with Gasteiger partial charge in [0.05, 0.1) is 6.26 Å². The minimum absolute atomic E-state index is 0.132. The Labute approximate surface area is 231 Å². The fraction of sp³-hybridized carbons (Fsp3) is 0.273. The number of carboxylic acid groups (broad SMARTS) is 2. The maximum atomic E-state index is 13.0. The predicted molar refractivity (Wildman–Crippen MR) is 138 cm³/mol. The second-order valence-electron chi connectivity index (χ2n) is 8.28. The van der Waals surface area contributed by atoms with Crippen LogP contribution in [0, 0.1) is 0 Å². The molecular weight excluding hydrogens is 570 g/mol. The minimum atomic E-state index is -1.30. The van der Waals surface area contributed by atoms with Crippen LogP contribution < -0.4 is 11.0 Å². The largest absolute Gasteiger partial charge is 0.480 e. The van der Waals surface area contributed by atoms with Gasteiger partial charge in [0.1, 0.15) is 35.8 Å².